The number of hydrogen-bond acceptors (Lipinski definition) is 3. The molecule has 2 unspecified atom stereocenters. The highest BCUT2D eigenvalue weighted by atomic mass is 19.4. The van der Waals surface area contributed by atoms with E-state index in [1.807, 2.05) is 20.8 Å². The summed E-state index contributed by atoms with van der Waals surface area (Å²) >= 11 is 0. The lowest BCUT2D eigenvalue weighted by atomic mass is 9.89. The number of likely N-dealkylation sites (tertiary alicyclic amines) is 1. The van der Waals surface area contributed by atoms with E-state index in [-0.39, 0.29) is 11.5 Å². The Bertz CT molecular complexity index is 263. The minimum atomic E-state index is -4.13. The molecule has 0 amide bonds. The van der Waals surface area contributed by atoms with Gasteiger partial charge in [-0.15, -0.1) is 0 Å². The molecule has 0 bridgehead atoms. The van der Waals surface area contributed by atoms with Crippen LogP contribution in [0.2, 0.25) is 0 Å². The van der Waals surface area contributed by atoms with Crippen molar-refractivity contribution in [2.75, 3.05) is 26.2 Å². The molecule has 0 aromatic rings. The maximum atomic E-state index is 12.2. The summed E-state index contributed by atoms with van der Waals surface area (Å²) in [6.45, 7) is 6.25. The van der Waals surface area contributed by atoms with Gasteiger partial charge in [0.1, 0.15) is 0 Å². The standard InChI is InChI=1S/C12H23F3N2O/c1-11(2,3)10(18)6-16-9-4-5-17(7-9)8-12(13,14)15/h9-10,16,18H,4-8H2,1-3H3. The van der Waals surface area contributed by atoms with E-state index in [0.29, 0.717) is 26.1 Å². The van der Waals surface area contributed by atoms with Gasteiger partial charge in [-0.2, -0.15) is 13.2 Å². The van der Waals surface area contributed by atoms with Crippen molar-refractivity contribution in [3.05, 3.63) is 0 Å². The maximum absolute atomic E-state index is 12.2. The van der Waals surface area contributed by atoms with Gasteiger partial charge in [-0.1, -0.05) is 20.8 Å². The second-order valence-corrected chi connectivity index (χ2v) is 6.13. The average Bonchev–Trinajstić information content (AvgIpc) is 2.57. The molecule has 1 aliphatic heterocycles. The highest BCUT2D eigenvalue weighted by Crippen LogP contribution is 2.21. The molecule has 0 aromatic carbocycles. The first-order valence-electron chi connectivity index (χ1n) is 6.28. The molecule has 108 valence electrons. The lowest BCUT2D eigenvalue weighted by Crippen LogP contribution is -2.42. The van der Waals surface area contributed by atoms with Crippen LogP contribution in [0.15, 0.2) is 0 Å². The summed E-state index contributed by atoms with van der Waals surface area (Å²) in [6, 6.07) is 0.0457. The molecule has 1 aliphatic rings. The van der Waals surface area contributed by atoms with Gasteiger partial charge in [-0.05, 0) is 11.8 Å². The predicted molar refractivity (Wildman–Crippen MR) is 64.4 cm³/mol. The monoisotopic (exact) mass is 268 g/mol. The van der Waals surface area contributed by atoms with E-state index in [4.69, 9.17) is 0 Å². The van der Waals surface area contributed by atoms with Gasteiger partial charge in [0.15, 0.2) is 0 Å². The van der Waals surface area contributed by atoms with Gasteiger partial charge in [0.05, 0.1) is 12.6 Å². The number of aliphatic hydroxyl groups is 1. The van der Waals surface area contributed by atoms with Crippen LogP contribution in [0.5, 0.6) is 0 Å². The van der Waals surface area contributed by atoms with Gasteiger partial charge >= 0.3 is 6.18 Å². The van der Waals surface area contributed by atoms with Crippen LogP contribution in [0, 0.1) is 5.41 Å². The van der Waals surface area contributed by atoms with Crippen LogP contribution in [0.3, 0.4) is 0 Å². The Morgan fingerprint density at radius 3 is 2.44 bits per heavy atom. The molecular formula is C12H23F3N2O. The van der Waals surface area contributed by atoms with Crippen LogP contribution < -0.4 is 5.32 Å². The fourth-order valence-corrected chi connectivity index (χ4v) is 1.98. The van der Waals surface area contributed by atoms with Crippen LogP contribution in [-0.2, 0) is 0 Å². The highest BCUT2D eigenvalue weighted by molar-refractivity contribution is 4.84. The summed E-state index contributed by atoms with van der Waals surface area (Å²) in [5.41, 5.74) is -0.211. The number of alkyl halides is 3. The molecule has 0 spiro atoms. The van der Waals surface area contributed by atoms with E-state index < -0.39 is 18.8 Å². The lowest BCUT2D eigenvalue weighted by molar-refractivity contribution is -0.143. The molecule has 3 nitrogen and oxygen atoms in total. The van der Waals surface area contributed by atoms with E-state index in [1.54, 1.807) is 0 Å². The average molecular weight is 268 g/mol. The maximum Gasteiger partial charge on any atom is 0.401 e. The van der Waals surface area contributed by atoms with Crippen molar-refractivity contribution in [3.8, 4) is 0 Å². The van der Waals surface area contributed by atoms with Gasteiger partial charge < -0.3 is 10.4 Å². The van der Waals surface area contributed by atoms with E-state index in [0.717, 1.165) is 0 Å². The minimum absolute atomic E-state index is 0.0457. The normalized spacial score (nSPS) is 24.5. The first-order chi connectivity index (χ1) is 8.08. The second kappa shape index (κ2) is 5.75. The van der Waals surface area contributed by atoms with Crippen molar-refractivity contribution in [2.45, 2.75) is 45.5 Å². The fraction of sp³-hybridized carbons (Fsp3) is 1.00. The third kappa shape index (κ3) is 5.54. The summed E-state index contributed by atoms with van der Waals surface area (Å²) in [5, 5.41) is 13.0. The van der Waals surface area contributed by atoms with E-state index in [9.17, 15) is 18.3 Å². The van der Waals surface area contributed by atoms with Crippen molar-refractivity contribution in [3.63, 3.8) is 0 Å². The molecule has 0 saturated carbocycles. The molecular weight excluding hydrogens is 245 g/mol. The summed E-state index contributed by atoms with van der Waals surface area (Å²) < 4.78 is 36.6. The van der Waals surface area contributed by atoms with Crippen molar-refractivity contribution in [1.29, 1.82) is 0 Å². The molecule has 6 heteroatoms. The number of halogens is 3. The molecule has 0 aliphatic carbocycles. The first kappa shape index (κ1) is 15.7. The van der Waals surface area contributed by atoms with Crippen LogP contribution in [-0.4, -0.2) is 54.5 Å². The molecule has 18 heavy (non-hydrogen) atoms. The molecule has 1 fully saturated rings. The number of aliphatic hydroxyl groups excluding tert-OH is 1. The van der Waals surface area contributed by atoms with Crippen molar-refractivity contribution in [1.82, 2.24) is 10.2 Å². The SMILES string of the molecule is CC(C)(C)C(O)CNC1CCN(CC(F)(F)F)C1. The molecule has 1 heterocycles. The van der Waals surface area contributed by atoms with Crippen LogP contribution in [0.4, 0.5) is 13.2 Å². The molecule has 0 aromatic heterocycles. The largest absolute Gasteiger partial charge is 0.401 e. The summed E-state index contributed by atoms with van der Waals surface area (Å²) in [7, 11) is 0. The summed E-state index contributed by atoms with van der Waals surface area (Å²) in [4.78, 5) is 1.40. The summed E-state index contributed by atoms with van der Waals surface area (Å²) in [5.74, 6) is 0. The number of hydrogen-bond donors (Lipinski definition) is 2. The first-order valence-corrected chi connectivity index (χ1v) is 6.28. The quantitative estimate of drug-likeness (QED) is 0.813. The second-order valence-electron chi connectivity index (χ2n) is 6.13. The smallest absolute Gasteiger partial charge is 0.391 e. The minimum Gasteiger partial charge on any atom is -0.391 e. The highest BCUT2D eigenvalue weighted by Gasteiger charge is 2.34. The number of nitrogens with zero attached hydrogens (tertiary/aromatic N) is 1. The van der Waals surface area contributed by atoms with Crippen LogP contribution in [0.1, 0.15) is 27.2 Å². The fourth-order valence-electron chi connectivity index (χ4n) is 1.98. The van der Waals surface area contributed by atoms with E-state index >= 15 is 0 Å². The van der Waals surface area contributed by atoms with Crippen LogP contribution >= 0.6 is 0 Å². The van der Waals surface area contributed by atoms with Gasteiger partial charge in [0, 0.05) is 25.7 Å². The Labute approximate surface area is 106 Å². The Balaban J connectivity index is 2.27. The topological polar surface area (TPSA) is 35.5 Å². The predicted octanol–water partition coefficient (Wildman–Crippen LogP) is 1.62. The molecule has 1 rings (SSSR count). The zero-order valence-electron chi connectivity index (χ0n) is 11.2. The Hall–Kier alpha value is -0.330. The number of rotatable bonds is 4. The molecule has 1 saturated heterocycles. The van der Waals surface area contributed by atoms with Gasteiger partial charge in [-0.3, -0.25) is 4.90 Å². The molecule has 2 N–H and O–H groups in total. The number of nitrogens with one attached hydrogen (secondary N) is 1. The van der Waals surface area contributed by atoms with Gasteiger partial charge in [0.2, 0.25) is 0 Å². The van der Waals surface area contributed by atoms with Crippen molar-refractivity contribution < 1.29 is 18.3 Å². The van der Waals surface area contributed by atoms with E-state index in [2.05, 4.69) is 5.32 Å². The molecule has 0 radical (unpaired) electrons. The Morgan fingerprint density at radius 2 is 1.94 bits per heavy atom. The van der Waals surface area contributed by atoms with Gasteiger partial charge in [-0.25, -0.2) is 0 Å². The lowest BCUT2D eigenvalue weighted by Gasteiger charge is -2.27. The zero-order valence-corrected chi connectivity index (χ0v) is 11.2. The third-order valence-electron chi connectivity index (χ3n) is 3.27. The van der Waals surface area contributed by atoms with E-state index in [1.165, 1.54) is 4.90 Å². The Morgan fingerprint density at radius 1 is 1.33 bits per heavy atom. The van der Waals surface area contributed by atoms with Crippen molar-refractivity contribution >= 4 is 0 Å². The third-order valence-corrected chi connectivity index (χ3v) is 3.27. The zero-order chi connectivity index (χ0) is 14.0. The van der Waals surface area contributed by atoms with Crippen molar-refractivity contribution in [2.24, 2.45) is 5.41 Å². The van der Waals surface area contributed by atoms with Crippen LogP contribution in [0.25, 0.3) is 0 Å². The Kier molecular flexibility index (Phi) is 5.03. The summed E-state index contributed by atoms with van der Waals surface area (Å²) in [6.07, 6.45) is -3.92. The van der Waals surface area contributed by atoms with Gasteiger partial charge in [0.25, 0.3) is 0 Å². The molecule has 2 atom stereocenters.